The van der Waals surface area contributed by atoms with E-state index in [1.54, 1.807) is 7.11 Å². The highest BCUT2D eigenvalue weighted by Gasteiger charge is 2.49. The van der Waals surface area contributed by atoms with Crippen molar-refractivity contribution in [3.8, 4) is 17.6 Å². The molecule has 1 saturated heterocycles. The highest BCUT2D eigenvalue weighted by Crippen LogP contribution is 2.52. The second-order valence-electron chi connectivity index (χ2n) is 7.99. The lowest BCUT2D eigenvalue weighted by Gasteiger charge is -2.38. The Morgan fingerprint density at radius 2 is 2.08 bits per heavy atom. The monoisotopic (exact) mass is 351 g/mol. The van der Waals surface area contributed by atoms with Gasteiger partial charge in [-0.05, 0) is 62.4 Å². The van der Waals surface area contributed by atoms with E-state index in [0.29, 0.717) is 0 Å². The van der Waals surface area contributed by atoms with E-state index in [4.69, 9.17) is 4.74 Å². The van der Waals surface area contributed by atoms with Gasteiger partial charge in [-0.1, -0.05) is 25.2 Å². The molecule has 1 N–H and O–H groups in total. The third-order valence-corrected chi connectivity index (χ3v) is 6.39. The van der Waals surface area contributed by atoms with Crippen molar-refractivity contribution in [2.24, 2.45) is 10.9 Å². The Morgan fingerprint density at radius 1 is 1.31 bits per heavy atom. The smallest absolute Gasteiger partial charge is 0.134 e. The minimum Gasteiger partial charge on any atom is -0.495 e. The molecule has 4 heteroatoms. The van der Waals surface area contributed by atoms with E-state index in [1.165, 1.54) is 37.7 Å². The first-order valence-electron chi connectivity index (χ1n) is 9.84. The summed E-state index contributed by atoms with van der Waals surface area (Å²) in [6, 6.07) is 4.34. The van der Waals surface area contributed by atoms with Crippen molar-refractivity contribution < 1.29 is 4.74 Å². The first-order chi connectivity index (χ1) is 12.7. The molecule has 2 aliphatic heterocycles. The maximum Gasteiger partial charge on any atom is 0.134 e. The predicted molar refractivity (Wildman–Crippen MR) is 107 cm³/mol. The molecular weight excluding hydrogens is 322 g/mol. The molecule has 1 saturated carbocycles. The van der Waals surface area contributed by atoms with E-state index in [1.807, 2.05) is 7.05 Å². The van der Waals surface area contributed by atoms with Crippen LogP contribution in [0.4, 0.5) is 5.69 Å². The summed E-state index contributed by atoms with van der Waals surface area (Å²) < 4.78 is 5.67. The Kier molecular flexibility index (Phi) is 4.67. The van der Waals surface area contributed by atoms with E-state index < -0.39 is 0 Å². The fourth-order valence-corrected chi connectivity index (χ4v) is 4.49. The van der Waals surface area contributed by atoms with E-state index in [2.05, 4.69) is 46.1 Å². The lowest BCUT2D eigenvalue weighted by molar-refractivity contribution is 0.213. The lowest BCUT2D eigenvalue weighted by Crippen LogP contribution is -2.41. The van der Waals surface area contributed by atoms with Gasteiger partial charge in [-0.3, -0.25) is 9.89 Å². The van der Waals surface area contributed by atoms with Crippen molar-refractivity contribution in [2.75, 3.05) is 39.1 Å². The van der Waals surface area contributed by atoms with Gasteiger partial charge in [0.15, 0.2) is 0 Å². The molecule has 26 heavy (non-hydrogen) atoms. The number of aliphatic imine (C=N–C) groups is 1. The Morgan fingerprint density at radius 3 is 2.69 bits per heavy atom. The minimum absolute atomic E-state index is 0.0911. The van der Waals surface area contributed by atoms with Crippen LogP contribution in [0.1, 0.15) is 50.2 Å². The lowest BCUT2D eigenvalue weighted by atomic mass is 9.65. The highest BCUT2D eigenvalue weighted by atomic mass is 16.5. The molecular formula is C22H29N3O. The number of nitrogens with one attached hydrogen (secondary N) is 1. The molecule has 1 aromatic carbocycles. The van der Waals surface area contributed by atoms with Gasteiger partial charge in [-0.25, -0.2) is 0 Å². The quantitative estimate of drug-likeness (QED) is 0.826. The van der Waals surface area contributed by atoms with E-state index in [9.17, 15) is 0 Å². The number of benzene rings is 1. The summed E-state index contributed by atoms with van der Waals surface area (Å²) in [6.45, 7) is 5.51. The minimum atomic E-state index is 0.0911. The average Bonchev–Trinajstić information content (AvgIpc) is 2.96. The number of nitrogens with zero attached hydrogens (tertiary/aromatic N) is 2. The van der Waals surface area contributed by atoms with Crippen LogP contribution in [0, 0.1) is 17.8 Å². The number of fused-ring (bicyclic) bond motifs is 2. The first kappa shape index (κ1) is 17.4. The van der Waals surface area contributed by atoms with Gasteiger partial charge in [0.05, 0.1) is 24.6 Å². The molecule has 2 fully saturated rings. The standard InChI is InChI=1S/C22H29N3O/c1-16-7-12-25(13-8-16)11-4-6-17-14-19-18(15-20(17)26-3)22(9-5-10-22)21(23-2)24-19/h14-16H,5,7-13H2,1-3H3,(H,23,24). The molecule has 0 amide bonds. The van der Waals surface area contributed by atoms with Crippen molar-refractivity contribution >= 4 is 11.5 Å². The van der Waals surface area contributed by atoms with E-state index in [0.717, 1.165) is 48.4 Å². The zero-order valence-corrected chi connectivity index (χ0v) is 16.2. The third-order valence-electron chi connectivity index (χ3n) is 6.39. The maximum atomic E-state index is 5.67. The Hall–Kier alpha value is -1.99. The molecule has 0 unspecified atom stereocenters. The number of piperidine rings is 1. The number of amidine groups is 1. The van der Waals surface area contributed by atoms with Crippen LogP contribution in [0.3, 0.4) is 0 Å². The fraction of sp³-hybridized carbons (Fsp3) is 0.591. The Labute approximate surface area is 157 Å². The normalized spacial score (nSPS) is 23.1. The molecule has 0 radical (unpaired) electrons. The predicted octanol–water partition coefficient (Wildman–Crippen LogP) is 3.65. The van der Waals surface area contributed by atoms with Crippen molar-refractivity contribution in [3.63, 3.8) is 0 Å². The summed E-state index contributed by atoms with van der Waals surface area (Å²) in [5.74, 6) is 9.56. The van der Waals surface area contributed by atoms with Crippen molar-refractivity contribution in [3.05, 3.63) is 23.3 Å². The summed E-state index contributed by atoms with van der Waals surface area (Å²) in [5.41, 5.74) is 3.54. The zero-order chi connectivity index (χ0) is 18.1. The van der Waals surface area contributed by atoms with E-state index in [-0.39, 0.29) is 5.41 Å². The number of hydrogen-bond donors (Lipinski definition) is 1. The van der Waals surface area contributed by atoms with Gasteiger partial charge in [0.25, 0.3) is 0 Å². The number of anilines is 1. The van der Waals surface area contributed by atoms with Crippen LogP contribution >= 0.6 is 0 Å². The van der Waals surface area contributed by atoms with Crippen LogP contribution in [0.25, 0.3) is 0 Å². The first-order valence-corrected chi connectivity index (χ1v) is 9.84. The van der Waals surface area contributed by atoms with Gasteiger partial charge < -0.3 is 10.1 Å². The molecule has 0 bridgehead atoms. The molecule has 0 atom stereocenters. The van der Waals surface area contributed by atoms with Crippen LogP contribution in [0.5, 0.6) is 5.75 Å². The second-order valence-corrected chi connectivity index (χ2v) is 7.99. The average molecular weight is 351 g/mol. The van der Waals surface area contributed by atoms with Gasteiger partial charge in [0.1, 0.15) is 11.6 Å². The summed E-state index contributed by atoms with van der Waals surface area (Å²) in [7, 11) is 3.62. The molecule has 4 rings (SSSR count). The van der Waals surface area contributed by atoms with Crippen LogP contribution in [-0.4, -0.2) is 44.5 Å². The fourth-order valence-electron chi connectivity index (χ4n) is 4.49. The third kappa shape index (κ3) is 2.89. The number of likely N-dealkylation sites (tertiary alicyclic amines) is 1. The second kappa shape index (κ2) is 6.96. The molecule has 3 aliphatic rings. The van der Waals surface area contributed by atoms with Crippen molar-refractivity contribution in [2.45, 2.75) is 44.4 Å². The summed E-state index contributed by atoms with van der Waals surface area (Å²) >= 11 is 0. The van der Waals surface area contributed by atoms with Crippen LogP contribution in [0.2, 0.25) is 0 Å². The zero-order valence-electron chi connectivity index (χ0n) is 16.2. The van der Waals surface area contributed by atoms with Gasteiger partial charge in [0.2, 0.25) is 0 Å². The van der Waals surface area contributed by atoms with Gasteiger partial charge >= 0.3 is 0 Å². The number of methoxy groups -OCH3 is 1. The SMILES string of the molecule is CN=C1Nc2cc(C#CCN3CCC(C)CC3)c(OC)cc2C12CCC2. The number of rotatable bonds is 2. The number of ether oxygens (including phenoxy) is 1. The van der Waals surface area contributed by atoms with Gasteiger partial charge in [-0.15, -0.1) is 0 Å². The molecule has 1 aromatic rings. The van der Waals surface area contributed by atoms with Gasteiger partial charge in [-0.2, -0.15) is 0 Å². The topological polar surface area (TPSA) is 36.9 Å². The summed E-state index contributed by atoms with van der Waals surface area (Å²) in [4.78, 5) is 6.97. The maximum absolute atomic E-state index is 5.67. The molecule has 4 nitrogen and oxygen atoms in total. The van der Waals surface area contributed by atoms with Gasteiger partial charge in [0, 0.05) is 12.7 Å². The van der Waals surface area contributed by atoms with E-state index >= 15 is 0 Å². The van der Waals surface area contributed by atoms with Crippen LogP contribution < -0.4 is 10.1 Å². The Bertz CT molecular complexity index is 775. The Balaban J connectivity index is 1.56. The van der Waals surface area contributed by atoms with Crippen LogP contribution in [-0.2, 0) is 5.41 Å². The molecule has 1 aliphatic carbocycles. The van der Waals surface area contributed by atoms with Crippen molar-refractivity contribution in [1.82, 2.24) is 4.90 Å². The summed E-state index contributed by atoms with van der Waals surface area (Å²) in [5, 5.41) is 3.53. The molecule has 1 spiro atoms. The van der Waals surface area contributed by atoms with Crippen LogP contribution in [0.15, 0.2) is 17.1 Å². The number of hydrogen-bond acceptors (Lipinski definition) is 3. The largest absolute Gasteiger partial charge is 0.495 e. The molecule has 138 valence electrons. The van der Waals surface area contributed by atoms with Crippen molar-refractivity contribution in [1.29, 1.82) is 0 Å². The summed E-state index contributed by atoms with van der Waals surface area (Å²) in [6.07, 6.45) is 6.17. The molecule has 2 heterocycles. The molecule has 0 aromatic heterocycles. The highest BCUT2D eigenvalue weighted by molar-refractivity contribution is 6.10.